The minimum atomic E-state index is -3.26. The molecule has 3 rings (SSSR count). The van der Waals surface area contributed by atoms with Crippen LogP contribution in [0.15, 0.2) is 0 Å². The van der Waals surface area contributed by atoms with Crippen molar-refractivity contribution in [3.05, 3.63) is 11.6 Å². The van der Waals surface area contributed by atoms with Crippen molar-refractivity contribution in [2.45, 2.75) is 44.8 Å². The Morgan fingerprint density at radius 1 is 1.30 bits per heavy atom. The van der Waals surface area contributed by atoms with Gasteiger partial charge in [-0.1, -0.05) is 0 Å². The minimum absolute atomic E-state index is 0.194. The van der Waals surface area contributed by atoms with Gasteiger partial charge in [-0.25, -0.2) is 17.9 Å². The predicted octanol–water partition coefficient (Wildman–Crippen LogP) is -0.552. The maximum atomic E-state index is 12.3. The molecular formula is C13H22N6O3S. The summed E-state index contributed by atoms with van der Waals surface area (Å²) < 4.78 is 27.3. The SMILES string of the molecule is CS(=O)(=O)NC1CCCN(C(=O)NCc2nnc3n2CCC3)C1. The molecule has 128 valence electrons. The zero-order chi connectivity index (χ0) is 16.4. The van der Waals surface area contributed by atoms with Crippen LogP contribution >= 0.6 is 0 Å². The van der Waals surface area contributed by atoms with Crippen molar-refractivity contribution < 1.29 is 13.2 Å². The number of aromatic nitrogens is 3. The molecule has 1 aromatic rings. The standard InChI is InChI=1S/C13H22N6O3S/c1-23(21,22)17-10-4-2-6-18(9-10)13(20)14-8-12-16-15-11-5-3-7-19(11)12/h10,17H,2-9H2,1H3,(H,14,20). The number of hydrogen-bond donors (Lipinski definition) is 2. The molecule has 9 nitrogen and oxygen atoms in total. The van der Waals surface area contributed by atoms with Crippen molar-refractivity contribution in [1.82, 2.24) is 29.7 Å². The number of nitrogens with one attached hydrogen (secondary N) is 2. The number of carbonyl (C=O) groups excluding carboxylic acids is 1. The van der Waals surface area contributed by atoms with Crippen molar-refractivity contribution in [1.29, 1.82) is 0 Å². The van der Waals surface area contributed by atoms with Gasteiger partial charge in [-0.2, -0.15) is 0 Å². The molecule has 0 aliphatic carbocycles. The molecule has 0 radical (unpaired) electrons. The van der Waals surface area contributed by atoms with Gasteiger partial charge in [0.25, 0.3) is 0 Å². The van der Waals surface area contributed by atoms with E-state index in [1.807, 2.05) is 4.57 Å². The number of aryl methyl sites for hydroxylation is 1. The molecule has 2 amide bonds. The van der Waals surface area contributed by atoms with Gasteiger partial charge >= 0.3 is 6.03 Å². The molecule has 1 fully saturated rings. The van der Waals surface area contributed by atoms with Crippen LogP contribution in [-0.4, -0.2) is 59.5 Å². The van der Waals surface area contributed by atoms with Crippen molar-refractivity contribution in [2.75, 3.05) is 19.3 Å². The van der Waals surface area contributed by atoms with Crippen LogP contribution in [0, 0.1) is 0 Å². The fraction of sp³-hybridized carbons (Fsp3) is 0.769. The molecule has 23 heavy (non-hydrogen) atoms. The van der Waals surface area contributed by atoms with E-state index in [4.69, 9.17) is 0 Å². The zero-order valence-corrected chi connectivity index (χ0v) is 14.0. The number of amides is 2. The summed E-state index contributed by atoms with van der Waals surface area (Å²) in [5.41, 5.74) is 0. The molecule has 10 heteroatoms. The normalized spacial score (nSPS) is 21.3. The highest BCUT2D eigenvalue weighted by molar-refractivity contribution is 7.88. The lowest BCUT2D eigenvalue weighted by molar-refractivity contribution is 0.176. The summed E-state index contributed by atoms with van der Waals surface area (Å²) in [6.07, 6.45) is 4.66. The predicted molar refractivity (Wildman–Crippen MR) is 83.2 cm³/mol. The molecule has 0 saturated carbocycles. The van der Waals surface area contributed by atoms with E-state index in [9.17, 15) is 13.2 Å². The summed E-state index contributed by atoms with van der Waals surface area (Å²) in [4.78, 5) is 13.9. The number of carbonyl (C=O) groups is 1. The average molecular weight is 342 g/mol. The van der Waals surface area contributed by atoms with E-state index in [1.165, 1.54) is 0 Å². The van der Waals surface area contributed by atoms with E-state index < -0.39 is 10.0 Å². The van der Waals surface area contributed by atoms with Crippen LogP contribution in [0.3, 0.4) is 0 Å². The van der Waals surface area contributed by atoms with Crippen LogP contribution < -0.4 is 10.0 Å². The number of likely N-dealkylation sites (tertiary alicyclic amines) is 1. The smallest absolute Gasteiger partial charge is 0.317 e. The highest BCUT2D eigenvalue weighted by Gasteiger charge is 2.26. The van der Waals surface area contributed by atoms with E-state index in [0.29, 0.717) is 19.6 Å². The third-order valence-electron chi connectivity index (χ3n) is 4.17. The molecule has 1 saturated heterocycles. The summed E-state index contributed by atoms with van der Waals surface area (Å²) in [6, 6.07) is -0.415. The lowest BCUT2D eigenvalue weighted by Crippen LogP contribution is -2.52. The summed E-state index contributed by atoms with van der Waals surface area (Å²) in [7, 11) is -3.26. The Balaban J connectivity index is 1.53. The molecule has 1 aromatic heterocycles. The molecule has 1 unspecified atom stereocenters. The van der Waals surface area contributed by atoms with Crippen LogP contribution in [0.25, 0.3) is 0 Å². The van der Waals surface area contributed by atoms with Gasteiger partial charge in [0.1, 0.15) is 5.82 Å². The van der Waals surface area contributed by atoms with Gasteiger partial charge in [0.2, 0.25) is 10.0 Å². The number of piperidine rings is 1. The van der Waals surface area contributed by atoms with E-state index in [0.717, 1.165) is 50.1 Å². The van der Waals surface area contributed by atoms with Crippen molar-refractivity contribution in [3.8, 4) is 0 Å². The highest BCUT2D eigenvalue weighted by Crippen LogP contribution is 2.14. The summed E-state index contributed by atoms with van der Waals surface area (Å²) >= 11 is 0. The minimum Gasteiger partial charge on any atom is -0.331 e. The van der Waals surface area contributed by atoms with Crippen molar-refractivity contribution in [2.24, 2.45) is 0 Å². The van der Waals surface area contributed by atoms with Crippen LogP contribution in [0.5, 0.6) is 0 Å². The summed E-state index contributed by atoms with van der Waals surface area (Å²) in [6.45, 7) is 2.26. The quantitative estimate of drug-likeness (QED) is 0.763. The number of urea groups is 1. The van der Waals surface area contributed by atoms with Gasteiger partial charge in [0, 0.05) is 32.1 Å². The molecule has 1 atom stereocenters. The second-order valence-electron chi connectivity index (χ2n) is 6.12. The van der Waals surface area contributed by atoms with Crippen LogP contribution in [0.4, 0.5) is 4.79 Å². The van der Waals surface area contributed by atoms with E-state index in [-0.39, 0.29) is 12.1 Å². The van der Waals surface area contributed by atoms with E-state index >= 15 is 0 Å². The first-order valence-corrected chi connectivity index (χ1v) is 9.72. The number of fused-ring (bicyclic) bond motifs is 1. The number of rotatable bonds is 4. The molecule has 3 heterocycles. The Bertz CT molecular complexity index is 686. The molecule has 2 N–H and O–H groups in total. The molecule has 2 aliphatic rings. The fourth-order valence-corrected chi connectivity index (χ4v) is 3.97. The average Bonchev–Trinajstić information content (AvgIpc) is 3.06. The van der Waals surface area contributed by atoms with E-state index in [2.05, 4.69) is 20.2 Å². The third kappa shape index (κ3) is 3.99. The Kier molecular flexibility index (Phi) is 4.53. The second kappa shape index (κ2) is 6.44. The Hall–Kier alpha value is -1.68. The lowest BCUT2D eigenvalue weighted by atomic mass is 10.1. The summed E-state index contributed by atoms with van der Waals surface area (Å²) in [5.74, 6) is 1.75. The zero-order valence-electron chi connectivity index (χ0n) is 13.2. The highest BCUT2D eigenvalue weighted by atomic mass is 32.2. The third-order valence-corrected chi connectivity index (χ3v) is 4.93. The lowest BCUT2D eigenvalue weighted by Gasteiger charge is -2.32. The number of nitrogens with zero attached hydrogens (tertiary/aromatic N) is 4. The number of sulfonamides is 1. The molecule has 0 spiro atoms. The molecule has 2 aliphatic heterocycles. The first-order valence-electron chi connectivity index (χ1n) is 7.83. The van der Waals surface area contributed by atoms with Gasteiger partial charge < -0.3 is 14.8 Å². The molecule has 0 bridgehead atoms. The van der Waals surface area contributed by atoms with E-state index in [1.54, 1.807) is 4.90 Å². The first kappa shape index (κ1) is 16.2. The van der Waals surface area contributed by atoms with Crippen molar-refractivity contribution >= 4 is 16.1 Å². The molecular weight excluding hydrogens is 320 g/mol. The Morgan fingerprint density at radius 2 is 2.13 bits per heavy atom. The first-order chi connectivity index (χ1) is 10.9. The van der Waals surface area contributed by atoms with Crippen molar-refractivity contribution in [3.63, 3.8) is 0 Å². The van der Waals surface area contributed by atoms with Gasteiger partial charge in [-0.3, -0.25) is 0 Å². The van der Waals surface area contributed by atoms with Gasteiger partial charge in [0.05, 0.1) is 12.8 Å². The molecule has 0 aromatic carbocycles. The summed E-state index contributed by atoms with van der Waals surface area (Å²) in [5, 5.41) is 11.1. The Labute approximate surface area is 135 Å². The maximum absolute atomic E-state index is 12.3. The van der Waals surface area contributed by atoms with Crippen LogP contribution in [-0.2, 0) is 29.5 Å². The Morgan fingerprint density at radius 3 is 2.91 bits per heavy atom. The monoisotopic (exact) mass is 342 g/mol. The maximum Gasteiger partial charge on any atom is 0.317 e. The fourth-order valence-electron chi connectivity index (χ4n) is 3.17. The largest absolute Gasteiger partial charge is 0.331 e. The number of hydrogen-bond acceptors (Lipinski definition) is 5. The topological polar surface area (TPSA) is 109 Å². The van der Waals surface area contributed by atoms with Crippen LogP contribution in [0.2, 0.25) is 0 Å². The van der Waals surface area contributed by atoms with Gasteiger partial charge in [-0.15, -0.1) is 10.2 Å². The van der Waals surface area contributed by atoms with Gasteiger partial charge in [0.15, 0.2) is 5.82 Å². The van der Waals surface area contributed by atoms with Gasteiger partial charge in [-0.05, 0) is 19.3 Å². The second-order valence-corrected chi connectivity index (χ2v) is 7.90. The van der Waals surface area contributed by atoms with Crippen LogP contribution in [0.1, 0.15) is 30.9 Å².